The zero-order valence-electron chi connectivity index (χ0n) is 12.1. The number of hydrogen-bond donors (Lipinski definition) is 1. The molecule has 5 heteroatoms. The van der Waals surface area contributed by atoms with E-state index in [9.17, 15) is 4.39 Å². The first kappa shape index (κ1) is 14.9. The fourth-order valence-corrected chi connectivity index (χ4v) is 2.48. The summed E-state index contributed by atoms with van der Waals surface area (Å²) in [6.07, 6.45) is 0. The largest absolute Gasteiger partial charge is 0.311 e. The van der Waals surface area contributed by atoms with Crippen LogP contribution in [0.4, 0.5) is 4.39 Å². The van der Waals surface area contributed by atoms with E-state index in [-0.39, 0.29) is 5.82 Å². The van der Waals surface area contributed by atoms with Gasteiger partial charge in [-0.25, -0.2) is 4.39 Å². The van der Waals surface area contributed by atoms with Crippen molar-refractivity contribution >= 4 is 0 Å². The van der Waals surface area contributed by atoms with Gasteiger partial charge in [0, 0.05) is 44.3 Å². The van der Waals surface area contributed by atoms with Crippen molar-refractivity contribution in [2.75, 3.05) is 40.3 Å². The van der Waals surface area contributed by atoms with Gasteiger partial charge in [-0.1, -0.05) is 0 Å². The van der Waals surface area contributed by atoms with Gasteiger partial charge in [-0.2, -0.15) is 5.26 Å². The molecule has 0 saturated carbocycles. The Hall–Kier alpha value is -1.48. The average molecular weight is 276 g/mol. The Labute approximate surface area is 119 Å². The number of halogens is 1. The molecule has 1 aromatic carbocycles. The van der Waals surface area contributed by atoms with Gasteiger partial charge >= 0.3 is 0 Å². The molecule has 108 valence electrons. The highest BCUT2D eigenvalue weighted by atomic mass is 19.1. The van der Waals surface area contributed by atoms with Crippen LogP contribution in [0.25, 0.3) is 0 Å². The van der Waals surface area contributed by atoms with E-state index in [1.165, 1.54) is 12.1 Å². The Morgan fingerprint density at radius 3 is 2.95 bits per heavy atom. The molecule has 1 fully saturated rings. The first-order valence-electron chi connectivity index (χ1n) is 6.88. The number of rotatable bonds is 4. The highest BCUT2D eigenvalue weighted by Gasteiger charge is 2.21. The van der Waals surface area contributed by atoms with Crippen LogP contribution in [0.15, 0.2) is 18.2 Å². The van der Waals surface area contributed by atoms with Crippen molar-refractivity contribution in [1.82, 2.24) is 15.1 Å². The molecule has 1 N–H and O–H groups in total. The minimum atomic E-state index is -0.259. The zero-order valence-corrected chi connectivity index (χ0v) is 12.1. The number of nitriles is 1. The molecule has 1 saturated heterocycles. The minimum absolute atomic E-state index is 0.259. The Kier molecular flexibility index (Phi) is 5.07. The van der Waals surface area contributed by atoms with Crippen LogP contribution in [0.5, 0.6) is 0 Å². The van der Waals surface area contributed by atoms with Crippen molar-refractivity contribution in [2.24, 2.45) is 0 Å². The van der Waals surface area contributed by atoms with E-state index >= 15 is 0 Å². The summed E-state index contributed by atoms with van der Waals surface area (Å²) in [4.78, 5) is 4.64. The third kappa shape index (κ3) is 3.76. The lowest BCUT2D eigenvalue weighted by molar-refractivity contribution is 0.113. The summed E-state index contributed by atoms with van der Waals surface area (Å²) < 4.78 is 13.6. The molecule has 2 rings (SSSR count). The highest BCUT2D eigenvalue weighted by Crippen LogP contribution is 2.10. The molecule has 0 spiro atoms. The van der Waals surface area contributed by atoms with Gasteiger partial charge < -0.3 is 10.2 Å². The molecule has 1 aliphatic heterocycles. The van der Waals surface area contributed by atoms with E-state index in [1.807, 2.05) is 6.07 Å². The second kappa shape index (κ2) is 6.80. The van der Waals surface area contributed by atoms with E-state index < -0.39 is 0 Å². The summed E-state index contributed by atoms with van der Waals surface area (Å²) in [7, 11) is 4.24. The molecule has 1 heterocycles. The Bertz CT molecular complexity index is 497. The monoisotopic (exact) mass is 276 g/mol. The number of piperazine rings is 1. The quantitative estimate of drug-likeness (QED) is 0.892. The predicted octanol–water partition coefficient (Wildman–Crippen LogP) is 1.03. The summed E-state index contributed by atoms with van der Waals surface area (Å²) >= 11 is 0. The van der Waals surface area contributed by atoms with E-state index in [4.69, 9.17) is 5.26 Å². The number of benzene rings is 1. The lowest BCUT2D eigenvalue weighted by Crippen LogP contribution is -2.53. The van der Waals surface area contributed by atoms with Gasteiger partial charge in [0.05, 0.1) is 11.6 Å². The summed E-state index contributed by atoms with van der Waals surface area (Å²) in [5.74, 6) is -0.259. The lowest BCUT2D eigenvalue weighted by atomic mass is 10.1. The summed E-state index contributed by atoms with van der Waals surface area (Å²) in [5.41, 5.74) is 1.05. The van der Waals surface area contributed by atoms with Crippen LogP contribution in [0.1, 0.15) is 11.1 Å². The normalized spacial score (nSPS) is 20.8. The summed E-state index contributed by atoms with van der Waals surface area (Å²) in [5, 5.41) is 12.1. The lowest BCUT2D eigenvalue weighted by Gasteiger charge is -2.37. The third-order valence-electron chi connectivity index (χ3n) is 3.85. The van der Waals surface area contributed by atoms with Crippen LogP contribution in [-0.4, -0.2) is 56.1 Å². The first-order valence-corrected chi connectivity index (χ1v) is 6.88. The molecule has 20 heavy (non-hydrogen) atoms. The fraction of sp³-hybridized carbons (Fsp3) is 0.533. The summed E-state index contributed by atoms with van der Waals surface area (Å²) in [6, 6.07) is 6.95. The summed E-state index contributed by atoms with van der Waals surface area (Å²) in [6.45, 7) is 4.43. The van der Waals surface area contributed by atoms with Gasteiger partial charge in [0.25, 0.3) is 0 Å². The molecular formula is C15H21FN4. The zero-order chi connectivity index (χ0) is 14.5. The standard InChI is InChI=1S/C15H21FN4/c1-19-5-6-20(2)14(11-19)10-18-9-13-7-12(8-17)3-4-15(13)16/h3-4,7,14,18H,5-6,9-11H2,1-2H3. The van der Waals surface area contributed by atoms with Crippen LogP contribution in [-0.2, 0) is 6.54 Å². The van der Waals surface area contributed by atoms with Crippen molar-refractivity contribution in [2.45, 2.75) is 12.6 Å². The second-order valence-electron chi connectivity index (χ2n) is 5.45. The molecule has 0 amide bonds. The van der Waals surface area contributed by atoms with Crippen molar-refractivity contribution in [3.63, 3.8) is 0 Å². The Balaban J connectivity index is 1.88. The van der Waals surface area contributed by atoms with Gasteiger partial charge in [-0.3, -0.25) is 4.90 Å². The second-order valence-corrected chi connectivity index (χ2v) is 5.45. The van der Waals surface area contributed by atoms with Crippen LogP contribution < -0.4 is 5.32 Å². The Morgan fingerprint density at radius 1 is 1.40 bits per heavy atom. The van der Waals surface area contributed by atoms with Gasteiger partial charge in [-0.15, -0.1) is 0 Å². The minimum Gasteiger partial charge on any atom is -0.311 e. The highest BCUT2D eigenvalue weighted by molar-refractivity contribution is 5.33. The molecular weight excluding hydrogens is 255 g/mol. The molecule has 1 unspecified atom stereocenters. The van der Waals surface area contributed by atoms with Gasteiger partial charge in [0.15, 0.2) is 0 Å². The molecule has 1 aliphatic rings. The van der Waals surface area contributed by atoms with Crippen molar-refractivity contribution in [1.29, 1.82) is 5.26 Å². The molecule has 0 aromatic heterocycles. The number of nitrogens with one attached hydrogen (secondary N) is 1. The predicted molar refractivity (Wildman–Crippen MR) is 76.7 cm³/mol. The van der Waals surface area contributed by atoms with Crippen LogP contribution in [0.2, 0.25) is 0 Å². The average Bonchev–Trinajstić information content (AvgIpc) is 2.44. The Morgan fingerprint density at radius 2 is 2.20 bits per heavy atom. The number of likely N-dealkylation sites (N-methyl/N-ethyl adjacent to an activating group) is 2. The molecule has 0 radical (unpaired) electrons. The maximum atomic E-state index is 13.6. The van der Waals surface area contributed by atoms with E-state index in [2.05, 4.69) is 29.2 Å². The molecule has 1 atom stereocenters. The van der Waals surface area contributed by atoms with Crippen LogP contribution in [0.3, 0.4) is 0 Å². The van der Waals surface area contributed by atoms with E-state index in [0.717, 1.165) is 26.2 Å². The van der Waals surface area contributed by atoms with Gasteiger partial charge in [-0.05, 0) is 32.3 Å². The molecule has 0 bridgehead atoms. The van der Waals surface area contributed by atoms with Crippen molar-refractivity contribution in [3.8, 4) is 6.07 Å². The van der Waals surface area contributed by atoms with Gasteiger partial charge in [0.2, 0.25) is 0 Å². The van der Waals surface area contributed by atoms with Gasteiger partial charge in [0.1, 0.15) is 5.82 Å². The molecule has 4 nitrogen and oxygen atoms in total. The SMILES string of the molecule is CN1CCN(C)C(CNCc2cc(C#N)ccc2F)C1. The molecule has 0 aliphatic carbocycles. The van der Waals surface area contributed by atoms with E-state index in [1.54, 1.807) is 6.07 Å². The fourth-order valence-electron chi connectivity index (χ4n) is 2.48. The van der Waals surface area contributed by atoms with Crippen LogP contribution >= 0.6 is 0 Å². The first-order chi connectivity index (χ1) is 9.60. The topological polar surface area (TPSA) is 42.3 Å². The number of hydrogen-bond acceptors (Lipinski definition) is 4. The number of nitrogens with zero attached hydrogens (tertiary/aromatic N) is 3. The smallest absolute Gasteiger partial charge is 0.127 e. The van der Waals surface area contributed by atoms with E-state index in [0.29, 0.717) is 23.7 Å². The van der Waals surface area contributed by atoms with Crippen molar-refractivity contribution < 1.29 is 4.39 Å². The van der Waals surface area contributed by atoms with Crippen molar-refractivity contribution in [3.05, 3.63) is 35.1 Å². The maximum Gasteiger partial charge on any atom is 0.127 e. The maximum absolute atomic E-state index is 13.6. The third-order valence-corrected chi connectivity index (χ3v) is 3.85. The molecule has 1 aromatic rings. The van der Waals surface area contributed by atoms with Crippen LogP contribution in [0, 0.1) is 17.1 Å².